The Morgan fingerprint density at radius 3 is 3.05 bits per heavy atom. The van der Waals surface area contributed by atoms with Crippen LogP contribution in [0, 0.1) is 6.92 Å². The Labute approximate surface area is 123 Å². The summed E-state index contributed by atoms with van der Waals surface area (Å²) in [6.45, 7) is 2.35. The van der Waals surface area contributed by atoms with Gasteiger partial charge in [-0.3, -0.25) is 4.79 Å². The predicted molar refractivity (Wildman–Crippen MR) is 72.2 cm³/mol. The van der Waals surface area contributed by atoms with E-state index >= 15 is 0 Å². The number of hydrogen-bond acceptors (Lipinski definition) is 9. The smallest absolute Gasteiger partial charge is 0.252 e. The molecule has 0 radical (unpaired) electrons. The van der Waals surface area contributed by atoms with Crippen LogP contribution in [0.25, 0.3) is 0 Å². The van der Waals surface area contributed by atoms with Crippen LogP contribution in [-0.2, 0) is 22.7 Å². The van der Waals surface area contributed by atoms with Crippen LogP contribution in [0.3, 0.4) is 0 Å². The van der Waals surface area contributed by atoms with Crippen LogP contribution in [-0.4, -0.2) is 39.1 Å². The molecule has 2 heterocycles. The van der Waals surface area contributed by atoms with Gasteiger partial charge in [-0.1, -0.05) is 28.3 Å². The fourth-order valence-electron chi connectivity index (χ4n) is 1.24. The lowest BCUT2D eigenvalue weighted by Gasteiger charge is -1.99. The summed E-state index contributed by atoms with van der Waals surface area (Å²) < 4.78 is 10.5. The molecule has 8 nitrogen and oxygen atoms in total. The van der Waals surface area contributed by atoms with Crippen molar-refractivity contribution >= 4 is 29.0 Å². The lowest BCUT2D eigenvalue weighted by molar-refractivity contribution is -0.118. The number of ether oxygens (including phenoxy) is 1. The van der Waals surface area contributed by atoms with Gasteiger partial charge in [0.15, 0.2) is 10.2 Å². The van der Waals surface area contributed by atoms with Gasteiger partial charge in [0.25, 0.3) is 5.89 Å². The highest BCUT2D eigenvalue weighted by Gasteiger charge is 2.09. The Morgan fingerprint density at radius 1 is 1.50 bits per heavy atom. The molecule has 0 atom stereocenters. The zero-order valence-electron chi connectivity index (χ0n) is 11.0. The molecular weight excluding hydrogens is 302 g/mol. The van der Waals surface area contributed by atoms with Crippen molar-refractivity contribution in [3.8, 4) is 0 Å². The first-order valence-corrected chi connectivity index (χ1v) is 7.47. The van der Waals surface area contributed by atoms with Gasteiger partial charge in [0.1, 0.15) is 11.6 Å². The molecule has 0 aliphatic heterocycles. The van der Waals surface area contributed by atoms with E-state index in [2.05, 4.69) is 25.7 Å². The molecule has 2 rings (SSSR count). The van der Waals surface area contributed by atoms with Crippen LogP contribution in [0.2, 0.25) is 0 Å². The first kappa shape index (κ1) is 14.9. The minimum atomic E-state index is -0.124. The third-order valence-electron chi connectivity index (χ3n) is 2.06. The van der Waals surface area contributed by atoms with Crippen molar-refractivity contribution in [1.29, 1.82) is 0 Å². The third kappa shape index (κ3) is 4.54. The Morgan fingerprint density at radius 2 is 2.35 bits per heavy atom. The van der Waals surface area contributed by atoms with E-state index < -0.39 is 0 Å². The summed E-state index contributed by atoms with van der Waals surface area (Å²) in [5.41, 5.74) is 0. The van der Waals surface area contributed by atoms with Crippen molar-refractivity contribution in [1.82, 2.24) is 25.7 Å². The van der Waals surface area contributed by atoms with E-state index in [1.54, 1.807) is 0 Å². The maximum atomic E-state index is 11.6. The van der Waals surface area contributed by atoms with E-state index in [-0.39, 0.29) is 24.8 Å². The second-order valence-corrected chi connectivity index (χ2v) is 6.09. The van der Waals surface area contributed by atoms with Crippen molar-refractivity contribution in [2.24, 2.45) is 0 Å². The molecule has 0 aliphatic carbocycles. The largest absolute Gasteiger partial charge is 0.375 e. The number of methoxy groups -OCH3 is 1. The molecule has 0 aliphatic rings. The molecule has 0 aromatic carbocycles. The van der Waals surface area contributed by atoms with E-state index in [0.717, 1.165) is 9.35 Å². The van der Waals surface area contributed by atoms with E-state index in [1.807, 2.05) is 6.92 Å². The fourth-order valence-corrected chi connectivity index (χ4v) is 2.88. The van der Waals surface area contributed by atoms with Gasteiger partial charge in [0, 0.05) is 7.11 Å². The van der Waals surface area contributed by atoms with Crippen LogP contribution in [0.5, 0.6) is 0 Å². The standard InChI is InChI=1S/C10H13N5O3S2/c1-6-13-14-10(20-6)19-5-8(16)11-3-7-12-9(4-17-2)18-15-7/h3-5H2,1-2H3,(H,11,16). The maximum Gasteiger partial charge on any atom is 0.252 e. The number of aromatic nitrogens is 4. The lowest BCUT2D eigenvalue weighted by atomic mass is 10.5. The number of thioether (sulfide) groups is 1. The second kappa shape index (κ2) is 7.31. The van der Waals surface area contributed by atoms with Gasteiger partial charge >= 0.3 is 0 Å². The van der Waals surface area contributed by atoms with Crippen molar-refractivity contribution in [2.45, 2.75) is 24.4 Å². The summed E-state index contributed by atoms with van der Waals surface area (Å²) in [4.78, 5) is 15.7. The molecule has 2 aromatic rings. The lowest BCUT2D eigenvalue weighted by Crippen LogP contribution is -2.25. The summed E-state index contributed by atoms with van der Waals surface area (Å²) in [6.07, 6.45) is 0. The van der Waals surface area contributed by atoms with Crippen LogP contribution in [0.4, 0.5) is 0 Å². The van der Waals surface area contributed by atoms with E-state index in [9.17, 15) is 4.79 Å². The quantitative estimate of drug-likeness (QED) is 0.748. The molecule has 0 bridgehead atoms. The monoisotopic (exact) mass is 315 g/mol. The average molecular weight is 315 g/mol. The maximum absolute atomic E-state index is 11.6. The van der Waals surface area contributed by atoms with Crippen LogP contribution in [0.1, 0.15) is 16.7 Å². The highest BCUT2D eigenvalue weighted by molar-refractivity contribution is 8.01. The molecule has 2 aromatic heterocycles. The molecule has 1 amide bonds. The van der Waals surface area contributed by atoms with E-state index in [1.165, 1.54) is 30.2 Å². The number of hydrogen-bond donors (Lipinski definition) is 1. The molecule has 20 heavy (non-hydrogen) atoms. The molecule has 1 N–H and O–H groups in total. The van der Waals surface area contributed by atoms with Gasteiger partial charge < -0.3 is 14.6 Å². The van der Waals surface area contributed by atoms with E-state index in [0.29, 0.717) is 11.7 Å². The first-order chi connectivity index (χ1) is 9.67. The molecule has 0 saturated carbocycles. The normalized spacial score (nSPS) is 10.7. The Balaban J connectivity index is 1.71. The third-order valence-corrected chi connectivity index (χ3v) is 4.03. The highest BCUT2D eigenvalue weighted by atomic mass is 32.2. The van der Waals surface area contributed by atoms with Crippen LogP contribution in [0.15, 0.2) is 8.86 Å². The summed E-state index contributed by atoms with van der Waals surface area (Å²) in [7, 11) is 1.54. The molecule has 0 unspecified atom stereocenters. The minimum Gasteiger partial charge on any atom is -0.375 e. The zero-order valence-corrected chi connectivity index (χ0v) is 12.6. The fraction of sp³-hybridized carbons (Fsp3) is 0.500. The zero-order chi connectivity index (χ0) is 14.4. The summed E-state index contributed by atoms with van der Waals surface area (Å²) in [5.74, 6) is 0.954. The van der Waals surface area contributed by atoms with Gasteiger partial charge in [-0.25, -0.2) is 0 Å². The average Bonchev–Trinajstić information content (AvgIpc) is 3.04. The molecule has 0 spiro atoms. The van der Waals surface area contributed by atoms with Gasteiger partial charge in [0.2, 0.25) is 5.91 Å². The van der Waals surface area contributed by atoms with Crippen molar-refractivity contribution in [2.75, 3.05) is 12.9 Å². The van der Waals surface area contributed by atoms with E-state index in [4.69, 9.17) is 9.26 Å². The van der Waals surface area contributed by atoms with Gasteiger partial charge in [-0.05, 0) is 6.92 Å². The first-order valence-electron chi connectivity index (χ1n) is 5.67. The number of nitrogens with zero attached hydrogens (tertiary/aromatic N) is 4. The number of carbonyl (C=O) groups is 1. The Hall–Kier alpha value is -1.52. The number of carbonyl (C=O) groups excluding carboxylic acids is 1. The minimum absolute atomic E-state index is 0.124. The van der Waals surface area contributed by atoms with Gasteiger partial charge in [0.05, 0.1) is 12.3 Å². The van der Waals surface area contributed by atoms with Crippen LogP contribution < -0.4 is 5.32 Å². The number of rotatable bonds is 7. The van der Waals surface area contributed by atoms with Gasteiger partial charge in [-0.15, -0.1) is 10.2 Å². The molecular formula is C10H13N5O3S2. The number of aryl methyl sites for hydroxylation is 1. The van der Waals surface area contributed by atoms with Crippen molar-refractivity contribution in [3.63, 3.8) is 0 Å². The summed E-state index contributed by atoms with van der Waals surface area (Å²) in [6, 6.07) is 0. The van der Waals surface area contributed by atoms with Crippen LogP contribution >= 0.6 is 23.1 Å². The highest BCUT2D eigenvalue weighted by Crippen LogP contribution is 2.21. The molecule has 0 saturated heterocycles. The predicted octanol–water partition coefficient (Wildman–Crippen LogP) is 0.784. The number of nitrogens with one attached hydrogen (secondary N) is 1. The summed E-state index contributed by atoms with van der Waals surface area (Å²) >= 11 is 2.81. The molecule has 10 heteroatoms. The van der Waals surface area contributed by atoms with Gasteiger partial charge in [-0.2, -0.15) is 4.98 Å². The second-order valence-electron chi connectivity index (χ2n) is 3.69. The molecule has 0 fully saturated rings. The Bertz CT molecular complexity index is 571. The van der Waals surface area contributed by atoms with Crippen molar-refractivity contribution in [3.05, 3.63) is 16.7 Å². The number of amides is 1. The SMILES string of the molecule is COCc1nc(CNC(=O)CSc2nnc(C)s2)no1. The van der Waals surface area contributed by atoms with Crippen molar-refractivity contribution < 1.29 is 14.1 Å². The Kier molecular flexibility index (Phi) is 5.44. The summed E-state index contributed by atoms with van der Waals surface area (Å²) in [5, 5.41) is 15.1. The topological polar surface area (TPSA) is 103 Å². The molecule has 108 valence electrons.